The number of nitrogens with one attached hydrogen (secondary N) is 2. The lowest BCUT2D eigenvalue weighted by Crippen LogP contribution is -2.54. The highest BCUT2D eigenvalue weighted by atomic mass is 32.2. The van der Waals surface area contributed by atoms with Gasteiger partial charge in [-0.25, -0.2) is 18.0 Å². The lowest BCUT2D eigenvalue weighted by molar-refractivity contribution is -0.141. The molecular formula is C10H18N2O6S. The smallest absolute Gasteiger partial charge is 0.328 e. The Kier molecular flexibility index (Phi) is 5.12. The Morgan fingerprint density at radius 2 is 2.00 bits per heavy atom. The molecule has 0 bridgehead atoms. The molecule has 4 N–H and O–H groups in total. The van der Waals surface area contributed by atoms with E-state index in [0.29, 0.717) is 12.8 Å². The van der Waals surface area contributed by atoms with E-state index >= 15 is 0 Å². The molecule has 0 aromatic heterocycles. The number of carboxylic acid groups (broad SMARTS) is 1. The number of aliphatic hydroxyl groups excluding tert-OH is 1. The van der Waals surface area contributed by atoms with Crippen LogP contribution in [-0.2, 0) is 14.6 Å². The van der Waals surface area contributed by atoms with Gasteiger partial charge in [0.05, 0.1) is 17.6 Å². The number of carbonyl (C=O) groups is 2. The summed E-state index contributed by atoms with van der Waals surface area (Å²) in [6.45, 7) is 1.24. The molecule has 1 fully saturated rings. The second kappa shape index (κ2) is 6.20. The standard InChI is InChI=1S/C10H18N2O6S/c1-6(13)8(9(14)15)12-10(16)11-7-3-2-4-19(17,18)5-7/h6-8,13H,2-5H2,1H3,(H,14,15)(H2,11,12,16). The number of urea groups is 1. The summed E-state index contributed by atoms with van der Waals surface area (Å²) in [5.41, 5.74) is 0. The van der Waals surface area contributed by atoms with Crippen LogP contribution >= 0.6 is 0 Å². The van der Waals surface area contributed by atoms with Crippen LogP contribution in [0, 0.1) is 0 Å². The summed E-state index contributed by atoms with van der Waals surface area (Å²) in [6, 6.07) is -2.75. The number of aliphatic carboxylic acids is 1. The molecule has 3 unspecified atom stereocenters. The number of sulfone groups is 1. The van der Waals surface area contributed by atoms with E-state index < -0.39 is 40.0 Å². The molecule has 1 saturated heterocycles. The van der Waals surface area contributed by atoms with Crippen molar-refractivity contribution in [1.29, 1.82) is 0 Å². The van der Waals surface area contributed by atoms with Gasteiger partial charge in [-0.1, -0.05) is 0 Å². The number of hydrogen-bond donors (Lipinski definition) is 4. The molecule has 0 spiro atoms. The van der Waals surface area contributed by atoms with Crippen molar-refractivity contribution in [3.63, 3.8) is 0 Å². The highest BCUT2D eigenvalue weighted by molar-refractivity contribution is 7.91. The van der Waals surface area contributed by atoms with Gasteiger partial charge in [0.15, 0.2) is 15.9 Å². The summed E-state index contributed by atoms with van der Waals surface area (Å²) in [5, 5.41) is 22.5. The molecule has 0 aromatic rings. The van der Waals surface area contributed by atoms with Crippen molar-refractivity contribution in [2.24, 2.45) is 0 Å². The first-order valence-electron chi connectivity index (χ1n) is 5.89. The first kappa shape index (κ1) is 15.7. The molecular weight excluding hydrogens is 276 g/mol. The molecule has 2 amide bonds. The number of hydrogen-bond acceptors (Lipinski definition) is 5. The highest BCUT2D eigenvalue weighted by Gasteiger charge is 2.29. The molecule has 1 heterocycles. The maximum atomic E-state index is 11.6. The summed E-state index contributed by atoms with van der Waals surface area (Å²) in [7, 11) is -3.15. The summed E-state index contributed by atoms with van der Waals surface area (Å²) < 4.78 is 22.8. The summed E-state index contributed by atoms with van der Waals surface area (Å²) in [5.74, 6) is -1.40. The quantitative estimate of drug-likeness (QED) is 0.509. The fourth-order valence-corrected chi connectivity index (χ4v) is 3.53. The fourth-order valence-electron chi connectivity index (χ4n) is 1.89. The molecule has 110 valence electrons. The molecule has 1 aliphatic heterocycles. The molecule has 0 aliphatic carbocycles. The van der Waals surface area contributed by atoms with Crippen LogP contribution in [0.25, 0.3) is 0 Å². The molecule has 1 rings (SSSR count). The zero-order valence-corrected chi connectivity index (χ0v) is 11.3. The maximum Gasteiger partial charge on any atom is 0.328 e. The molecule has 19 heavy (non-hydrogen) atoms. The predicted octanol–water partition coefficient (Wildman–Crippen LogP) is -1.30. The Hall–Kier alpha value is -1.35. The number of rotatable bonds is 4. The Morgan fingerprint density at radius 3 is 2.47 bits per heavy atom. The van der Waals surface area contributed by atoms with E-state index in [2.05, 4.69) is 10.6 Å². The van der Waals surface area contributed by atoms with E-state index in [1.54, 1.807) is 0 Å². The Balaban J connectivity index is 2.53. The van der Waals surface area contributed by atoms with E-state index in [-0.39, 0.29) is 11.5 Å². The fraction of sp³-hybridized carbons (Fsp3) is 0.800. The van der Waals surface area contributed by atoms with Crippen LogP contribution in [-0.4, -0.2) is 60.3 Å². The van der Waals surface area contributed by atoms with Crippen LogP contribution in [0.2, 0.25) is 0 Å². The highest BCUT2D eigenvalue weighted by Crippen LogP contribution is 2.11. The third-order valence-corrected chi connectivity index (χ3v) is 4.65. The van der Waals surface area contributed by atoms with Crippen molar-refractivity contribution in [3.05, 3.63) is 0 Å². The topological polar surface area (TPSA) is 133 Å². The van der Waals surface area contributed by atoms with Gasteiger partial charge in [0.25, 0.3) is 0 Å². The van der Waals surface area contributed by atoms with Gasteiger partial charge in [-0.2, -0.15) is 0 Å². The van der Waals surface area contributed by atoms with Gasteiger partial charge >= 0.3 is 12.0 Å². The Morgan fingerprint density at radius 1 is 1.37 bits per heavy atom. The summed E-state index contributed by atoms with van der Waals surface area (Å²) in [4.78, 5) is 22.3. The maximum absolute atomic E-state index is 11.6. The minimum absolute atomic E-state index is 0.109. The Bertz CT molecular complexity index is 447. The first-order valence-corrected chi connectivity index (χ1v) is 7.72. The van der Waals surface area contributed by atoms with Crippen molar-refractivity contribution in [2.45, 2.75) is 38.0 Å². The largest absolute Gasteiger partial charge is 0.480 e. The van der Waals surface area contributed by atoms with Crippen molar-refractivity contribution in [3.8, 4) is 0 Å². The molecule has 0 radical (unpaired) electrons. The van der Waals surface area contributed by atoms with E-state index in [1.165, 1.54) is 6.92 Å². The third-order valence-electron chi connectivity index (χ3n) is 2.83. The number of carbonyl (C=O) groups excluding carboxylic acids is 1. The average molecular weight is 294 g/mol. The SMILES string of the molecule is CC(O)C(NC(=O)NC1CCCS(=O)(=O)C1)C(=O)O. The van der Waals surface area contributed by atoms with Crippen LogP contribution in [0.4, 0.5) is 4.79 Å². The Labute approximate surface area is 111 Å². The van der Waals surface area contributed by atoms with Crippen LogP contribution in [0.15, 0.2) is 0 Å². The summed E-state index contributed by atoms with van der Waals surface area (Å²) >= 11 is 0. The van der Waals surface area contributed by atoms with Crippen molar-refractivity contribution < 1.29 is 28.2 Å². The minimum Gasteiger partial charge on any atom is -0.480 e. The number of carboxylic acids is 1. The van der Waals surface area contributed by atoms with Gasteiger partial charge in [-0.05, 0) is 19.8 Å². The average Bonchev–Trinajstić information content (AvgIpc) is 2.23. The van der Waals surface area contributed by atoms with Crippen molar-refractivity contribution >= 4 is 21.8 Å². The number of aliphatic hydroxyl groups is 1. The molecule has 8 nitrogen and oxygen atoms in total. The zero-order chi connectivity index (χ0) is 14.6. The van der Waals surface area contributed by atoms with Gasteiger partial charge in [0.2, 0.25) is 0 Å². The van der Waals surface area contributed by atoms with Gasteiger partial charge in [-0.3, -0.25) is 0 Å². The minimum atomic E-state index is -3.15. The lowest BCUT2D eigenvalue weighted by Gasteiger charge is -2.24. The van der Waals surface area contributed by atoms with Gasteiger partial charge in [0, 0.05) is 6.04 Å². The molecule has 9 heteroatoms. The zero-order valence-electron chi connectivity index (χ0n) is 10.5. The monoisotopic (exact) mass is 294 g/mol. The van der Waals surface area contributed by atoms with Gasteiger partial charge in [0.1, 0.15) is 0 Å². The summed E-state index contributed by atoms with van der Waals surface area (Å²) in [6.07, 6.45) is -0.260. The van der Waals surface area contributed by atoms with Crippen molar-refractivity contribution in [2.75, 3.05) is 11.5 Å². The van der Waals surface area contributed by atoms with Gasteiger partial charge in [-0.15, -0.1) is 0 Å². The van der Waals surface area contributed by atoms with Crippen LogP contribution < -0.4 is 10.6 Å². The van der Waals surface area contributed by atoms with Crippen LogP contribution in [0.3, 0.4) is 0 Å². The normalized spacial score (nSPS) is 25.1. The van der Waals surface area contributed by atoms with E-state index in [0.717, 1.165) is 0 Å². The molecule has 3 atom stereocenters. The van der Waals surface area contributed by atoms with E-state index in [9.17, 15) is 23.1 Å². The molecule has 0 aromatic carbocycles. The van der Waals surface area contributed by atoms with E-state index in [4.69, 9.17) is 5.11 Å². The van der Waals surface area contributed by atoms with Crippen LogP contribution in [0.1, 0.15) is 19.8 Å². The van der Waals surface area contributed by atoms with Crippen LogP contribution in [0.5, 0.6) is 0 Å². The van der Waals surface area contributed by atoms with Crippen molar-refractivity contribution in [1.82, 2.24) is 10.6 Å². The molecule has 0 saturated carbocycles. The third kappa shape index (κ3) is 5.03. The predicted molar refractivity (Wildman–Crippen MR) is 66.4 cm³/mol. The first-order chi connectivity index (χ1) is 8.71. The van der Waals surface area contributed by atoms with E-state index in [1.807, 2.05) is 0 Å². The second-order valence-corrected chi connectivity index (χ2v) is 6.86. The van der Waals surface area contributed by atoms with Gasteiger partial charge < -0.3 is 20.8 Å². The second-order valence-electron chi connectivity index (χ2n) is 4.63. The number of amides is 2. The molecule has 1 aliphatic rings. The lowest BCUT2D eigenvalue weighted by atomic mass is 10.2.